The molecule has 1 aromatic heterocycles. The third kappa shape index (κ3) is 2.50. The number of rotatable bonds is 2. The van der Waals surface area contributed by atoms with Gasteiger partial charge in [-0.1, -0.05) is 0 Å². The van der Waals surface area contributed by atoms with Crippen LogP contribution in [-0.2, 0) is 4.74 Å². The molecule has 5 heteroatoms. The van der Waals surface area contributed by atoms with E-state index < -0.39 is 0 Å². The average molecular weight is 238 g/mol. The fourth-order valence-electron chi connectivity index (χ4n) is 1.96. The van der Waals surface area contributed by atoms with Crippen LogP contribution in [0.2, 0.25) is 0 Å². The van der Waals surface area contributed by atoms with E-state index in [1.54, 1.807) is 17.9 Å². The van der Waals surface area contributed by atoms with Gasteiger partial charge in [0.25, 0.3) is 5.91 Å². The Balaban J connectivity index is 2.07. The second-order valence-electron chi connectivity index (χ2n) is 4.41. The quantitative estimate of drug-likeness (QED) is 0.826. The van der Waals surface area contributed by atoms with Crippen LogP contribution in [0.15, 0.2) is 16.7 Å². The maximum atomic E-state index is 12.2. The number of furan rings is 1. The van der Waals surface area contributed by atoms with Crippen LogP contribution in [0.4, 0.5) is 0 Å². The first-order valence-corrected chi connectivity index (χ1v) is 5.80. The van der Waals surface area contributed by atoms with Crippen LogP contribution in [0.3, 0.4) is 0 Å². The van der Waals surface area contributed by atoms with E-state index in [1.807, 2.05) is 6.92 Å². The number of aryl methyl sites for hydroxylation is 1. The molecule has 17 heavy (non-hydrogen) atoms. The highest BCUT2D eigenvalue weighted by Gasteiger charge is 2.28. The summed E-state index contributed by atoms with van der Waals surface area (Å²) in [5.74, 6) is 0.643. The van der Waals surface area contributed by atoms with Crippen molar-refractivity contribution in [1.82, 2.24) is 4.90 Å². The lowest BCUT2D eigenvalue weighted by atomic mass is 10.1. The number of morpholine rings is 1. The van der Waals surface area contributed by atoms with Crippen molar-refractivity contribution in [1.29, 1.82) is 0 Å². The molecule has 0 aliphatic carbocycles. The fraction of sp³-hybridized carbons (Fsp3) is 0.583. The van der Waals surface area contributed by atoms with Crippen LogP contribution < -0.4 is 5.73 Å². The second kappa shape index (κ2) is 4.89. The molecule has 2 atom stereocenters. The Kier molecular flexibility index (Phi) is 3.49. The van der Waals surface area contributed by atoms with Crippen LogP contribution in [-0.4, -0.2) is 42.6 Å². The molecule has 0 radical (unpaired) electrons. The second-order valence-corrected chi connectivity index (χ2v) is 4.41. The van der Waals surface area contributed by atoms with Crippen LogP contribution in [0, 0.1) is 6.92 Å². The Bertz CT molecular complexity index is 400. The van der Waals surface area contributed by atoms with E-state index in [9.17, 15) is 4.79 Å². The Morgan fingerprint density at radius 3 is 3.00 bits per heavy atom. The van der Waals surface area contributed by atoms with Crippen LogP contribution >= 0.6 is 0 Å². The van der Waals surface area contributed by atoms with Crippen molar-refractivity contribution in [2.45, 2.75) is 26.0 Å². The van der Waals surface area contributed by atoms with E-state index in [1.165, 1.54) is 6.26 Å². The number of nitrogens with zero attached hydrogens (tertiary/aromatic N) is 1. The molecule has 1 aliphatic rings. The molecule has 1 aliphatic heterocycles. The molecule has 2 heterocycles. The van der Waals surface area contributed by atoms with E-state index in [0.29, 0.717) is 31.0 Å². The monoisotopic (exact) mass is 238 g/mol. The zero-order valence-electron chi connectivity index (χ0n) is 10.2. The summed E-state index contributed by atoms with van der Waals surface area (Å²) in [7, 11) is 0. The van der Waals surface area contributed by atoms with Crippen molar-refractivity contribution < 1.29 is 13.9 Å². The normalized spacial score (nSPS) is 22.5. The van der Waals surface area contributed by atoms with Crippen molar-refractivity contribution in [2.24, 2.45) is 5.73 Å². The number of carbonyl (C=O) groups is 1. The summed E-state index contributed by atoms with van der Waals surface area (Å²) in [6.07, 6.45) is 1.45. The summed E-state index contributed by atoms with van der Waals surface area (Å²) in [5, 5.41) is 0. The minimum absolute atomic E-state index is 0.00907. The first-order valence-electron chi connectivity index (χ1n) is 5.80. The van der Waals surface area contributed by atoms with Crippen molar-refractivity contribution in [3.63, 3.8) is 0 Å². The van der Waals surface area contributed by atoms with Gasteiger partial charge in [-0.25, -0.2) is 0 Å². The minimum Gasteiger partial charge on any atom is -0.469 e. The van der Waals surface area contributed by atoms with Gasteiger partial charge in [0.05, 0.1) is 24.5 Å². The summed E-state index contributed by atoms with van der Waals surface area (Å²) in [6.45, 7) is 5.36. The number of amides is 1. The molecule has 1 saturated heterocycles. The molecule has 0 bridgehead atoms. The van der Waals surface area contributed by atoms with Crippen molar-refractivity contribution in [3.05, 3.63) is 23.7 Å². The summed E-state index contributed by atoms with van der Waals surface area (Å²) in [4.78, 5) is 14.0. The molecule has 1 fully saturated rings. The third-order valence-electron chi connectivity index (χ3n) is 3.06. The van der Waals surface area contributed by atoms with Crippen molar-refractivity contribution >= 4 is 5.91 Å². The molecule has 94 valence electrons. The lowest BCUT2D eigenvalue weighted by molar-refractivity contribution is -0.0300. The van der Waals surface area contributed by atoms with E-state index in [4.69, 9.17) is 14.9 Å². The molecule has 1 aromatic rings. The number of hydrogen-bond donors (Lipinski definition) is 1. The fourth-order valence-corrected chi connectivity index (χ4v) is 1.96. The molecule has 5 nitrogen and oxygen atoms in total. The lowest BCUT2D eigenvalue weighted by Crippen LogP contribution is -2.51. The Morgan fingerprint density at radius 1 is 1.65 bits per heavy atom. The molecule has 2 N–H and O–H groups in total. The van der Waals surface area contributed by atoms with Gasteiger partial charge in [-0.05, 0) is 19.9 Å². The molecular formula is C12H18N2O3. The Labute approximate surface area is 101 Å². The van der Waals surface area contributed by atoms with E-state index in [-0.39, 0.29) is 18.1 Å². The first kappa shape index (κ1) is 12.1. The zero-order chi connectivity index (χ0) is 12.4. The molecule has 0 spiro atoms. The minimum atomic E-state index is -0.0834. The molecular weight excluding hydrogens is 220 g/mol. The molecule has 2 unspecified atom stereocenters. The molecule has 1 amide bonds. The van der Waals surface area contributed by atoms with E-state index in [2.05, 4.69) is 0 Å². The van der Waals surface area contributed by atoms with Crippen LogP contribution in [0.1, 0.15) is 23.0 Å². The highest BCUT2D eigenvalue weighted by Crippen LogP contribution is 2.15. The van der Waals surface area contributed by atoms with Gasteiger partial charge in [-0.3, -0.25) is 4.79 Å². The van der Waals surface area contributed by atoms with Gasteiger partial charge in [0.1, 0.15) is 5.76 Å². The third-order valence-corrected chi connectivity index (χ3v) is 3.06. The predicted octanol–water partition coefficient (Wildman–Crippen LogP) is 0.776. The van der Waals surface area contributed by atoms with Gasteiger partial charge in [0.2, 0.25) is 0 Å². The topological polar surface area (TPSA) is 68.7 Å². The van der Waals surface area contributed by atoms with Gasteiger partial charge in [0.15, 0.2) is 0 Å². The maximum Gasteiger partial charge on any atom is 0.257 e. The molecule has 0 saturated carbocycles. The van der Waals surface area contributed by atoms with Crippen LogP contribution in [0.25, 0.3) is 0 Å². The van der Waals surface area contributed by atoms with Gasteiger partial charge in [0, 0.05) is 19.1 Å². The molecule has 0 aromatic carbocycles. The zero-order valence-corrected chi connectivity index (χ0v) is 10.2. The number of ether oxygens (including phenoxy) is 1. The highest BCUT2D eigenvalue weighted by molar-refractivity contribution is 5.95. The average Bonchev–Trinajstić information content (AvgIpc) is 2.74. The summed E-state index contributed by atoms with van der Waals surface area (Å²) in [6, 6.07) is 1.63. The number of carbonyl (C=O) groups excluding carboxylic acids is 1. The smallest absolute Gasteiger partial charge is 0.257 e. The van der Waals surface area contributed by atoms with Gasteiger partial charge < -0.3 is 19.8 Å². The largest absolute Gasteiger partial charge is 0.469 e. The van der Waals surface area contributed by atoms with Crippen molar-refractivity contribution in [2.75, 3.05) is 19.7 Å². The van der Waals surface area contributed by atoms with E-state index >= 15 is 0 Å². The van der Waals surface area contributed by atoms with Crippen LogP contribution in [0.5, 0.6) is 0 Å². The number of hydrogen-bond acceptors (Lipinski definition) is 4. The highest BCUT2D eigenvalue weighted by atomic mass is 16.5. The number of nitrogens with two attached hydrogens (primary N) is 1. The standard InChI is InChI=1S/C12H18N2O3/c1-8(13)11-7-14(4-6-17-11)12(15)10-3-5-16-9(10)2/h3,5,8,11H,4,6-7,13H2,1-2H3. The summed E-state index contributed by atoms with van der Waals surface area (Å²) >= 11 is 0. The van der Waals surface area contributed by atoms with E-state index in [0.717, 1.165) is 0 Å². The Morgan fingerprint density at radius 2 is 2.41 bits per heavy atom. The molecule has 2 rings (SSSR count). The maximum absolute atomic E-state index is 12.2. The van der Waals surface area contributed by atoms with Crippen molar-refractivity contribution in [3.8, 4) is 0 Å². The first-order chi connectivity index (χ1) is 8.09. The predicted molar refractivity (Wildman–Crippen MR) is 62.7 cm³/mol. The summed E-state index contributed by atoms with van der Waals surface area (Å²) < 4.78 is 10.7. The van der Waals surface area contributed by atoms with Gasteiger partial charge in [-0.15, -0.1) is 0 Å². The lowest BCUT2D eigenvalue weighted by Gasteiger charge is -2.34. The van der Waals surface area contributed by atoms with Gasteiger partial charge in [-0.2, -0.15) is 0 Å². The summed E-state index contributed by atoms with van der Waals surface area (Å²) in [5.41, 5.74) is 6.42. The SMILES string of the molecule is Cc1occc1C(=O)N1CCOC(C(C)N)C1. The Hall–Kier alpha value is -1.33. The van der Waals surface area contributed by atoms with Gasteiger partial charge >= 0.3 is 0 Å².